The Morgan fingerprint density at radius 3 is 2.22 bits per heavy atom. The van der Waals surface area contributed by atoms with Crippen LogP contribution in [0.5, 0.6) is 0 Å². The highest BCUT2D eigenvalue weighted by Gasteiger charge is 2.37. The second kappa shape index (κ2) is 11.6. The quantitative estimate of drug-likeness (QED) is 0.369. The predicted octanol–water partition coefficient (Wildman–Crippen LogP) is 4.78. The van der Waals surface area contributed by atoms with E-state index >= 15 is 0 Å². The Labute approximate surface area is 218 Å². The second-order valence-electron chi connectivity index (χ2n) is 10.5. The van der Waals surface area contributed by atoms with Gasteiger partial charge in [-0.2, -0.15) is 5.43 Å². The van der Waals surface area contributed by atoms with Crippen LogP contribution in [0.4, 0.5) is 5.69 Å². The van der Waals surface area contributed by atoms with Crippen molar-refractivity contribution in [3.05, 3.63) is 77.9 Å². The molecule has 0 spiro atoms. The Hall–Kier alpha value is -3.71. The first-order chi connectivity index (χ1) is 17.7. The predicted molar refractivity (Wildman–Crippen MR) is 146 cm³/mol. The van der Waals surface area contributed by atoms with Gasteiger partial charge in [-0.3, -0.25) is 14.4 Å². The first kappa shape index (κ1) is 26.4. The number of rotatable bonds is 9. The van der Waals surface area contributed by atoms with Gasteiger partial charge in [0.1, 0.15) is 25.7 Å². The Bertz CT molecular complexity index is 1260. The van der Waals surface area contributed by atoms with Crippen LogP contribution in [0.25, 0.3) is 10.8 Å². The second-order valence-corrected chi connectivity index (χ2v) is 10.5. The van der Waals surface area contributed by atoms with Crippen LogP contribution >= 0.6 is 0 Å². The molecule has 1 aliphatic rings. The number of anilines is 1. The van der Waals surface area contributed by atoms with Crippen molar-refractivity contribution in [2.24, 2.45) is 5.92 Å². The van der Waals surface area contributed by atoms with E-state index in [-0.39, 0.29) is 23.6 Å². The minimum absolute atomic E-state index is 0.106. The van der Waals surface area contributed by atoms with Gasteiger partial charge in [-0.1, -0.05) is 56.3 Å². The van der Waals surface area contributed by atoms with Gasteiger partial charge in [0.2, 0.25) is 5.91 Å². The van der Waals surface area contributed by atoms with E-state index in [9.17, 15) is 14.4 Å². The van der Waals surface area contributed by atoms with E-state index in [0.29, 0.717) is 23.1 Å². The molecule has 7 nitrogen and oxygen atoms in total. The molecule has 1 aliphatic heterocycles. The number of carbonyl (C=O) groups is 3. The molecule has 3 amide bonds. The third-order valence-corrected chi connectivity index (χ3v) is 6.87. The normalized spacial score (nSPS) is 15.4. The minimum Gasteiger partial charge on any atom is -0.340 e. The number of quaternary nitrogens is 1. The summed E-state index contributed by atoms with van der Waals surface area (Å²) in [5.74, 6) is -0.265. The van der Waals surface area contributed by atoms with Crippen molar-refractivity contribution in [1.82, 2.24) is 10.7 Å². The number of benzene rings is 3. The fourth-order valence-electron chi connectivity index (χ4n) is 5.08. The van der Waals surface area contributed by atoms with E-state index in [1.54, 1.807) is 6.07 Å². The summed E-state index contributed by atoms with van der Waals surface area (Å²) in [6, 6.07) is 20.6. The van der Waals surface area contributed by atoms with Gasteiger partial charge >= 0.3 is 0 Å². The molecule has 3 aromatic carbocycles. The molecule has 0 aromatic heterocycles. The highest BCUT2D eigenvalue weighted by atomic mass is 16.2. The van der Waals surface area contributed by atoms with Crippen LogP contribution in [0.1, 0.15) is 56.0 Å². The molecule has 4 rings (SSSR count). The summed E-state index contributed by atoms with van der Waals surface area (Å²) in [5.41, 5.74) is 5.67. The lowest BCUT2D eigenvalue weighted by atomic mass is 10.0. The molecule has 3 N–H and O–H groups in total. The molecule has 0 bridgehead atoms. The van der Waals surface area contributed by atoms with E-state index in [2.05, 4.69) is 29.9 Å². The van der Waals surface area contributed by atoms with Gasteiger partial charge in [0.25, 0.3) is 11.8 Å². The number of hydrogen-bond acceptors (Lipinski definition) is 3. The first-order valence-corrected chi connectivity index (χ1v) is 13.1. The van der Waals surface area contributed by atoms with Gasteiger partial charge < -0.3 is 10.6 Å². The number of fused-ring (bicyclic) bond motifs is 1. The van der Waals surface area contributed by atoms with Crippen molar-refractivity contribution in [1.29, 1.82) is 0 Å². The standard InChI is InChI=1S/C30H36N4O3/c1-21(2)18-28(32-29(36)26-13-12-24-8-4-5-9-25(24)19-26)30(37)33-34(16-6-7-17-34)20-23-10-14-27(15-11-23)31-22(3)35/h4-5,8-15,19,21,28H,6-7,16-18,20H2,1-3H3,(H2-,31,32,33,35,36,37)/p+1/t28-/m0/s1. The lowest BCUT2D eigenvalue weighted by molar-refractivity contribution is -0.963. The zero-order chi connectivity index (χ0) is 26.4. The fraction of sp³-hybridized carbons (Fsp3) is 0.367. The van der Waals surface area contributed by atoms with Crippen molar-refractivity contribution in [3.63, 3.8) is 0 Å². The molecule has 1 saturated heterocycles. The number of amides is 3. The molecule has 1 fully saturated rings. The van der Waals surface area contributed by atoms with Crippen molar-refractivity contribution in [2.75, 3.05) is 18.4 Å². The molecule has 0 radical (unpaired) electrons. The van der Waals surface area contributed by atoms with Crippen LogP contribution in [0, 0.1) is 5.92 Å². The molecule has 0 aliphatic carbocycles. The van der Waals surface area contributed by atoms with Crippen LogP contribution in [0.3, 0.4) is 0 Å². The van der Waals surface area contributed by atoms with E-state index in [1.807, 2.05) is 60.7 Å². The number of nitrogens with one attached hydrogen (secondary N) is 3. The number of likely N-dealkylation sites (tertiary alicyclic amines) is 1. The maximum Gasteiger partial charge on any atom is 0.287 e. The van der Waals surface area contributed by atoms with Crippen LogP contribution in [-0.4, -0.2) is 41.4 Å². The third-order valence-electron chi connectivity index (χ3n) is 6.87. The average molecular weight is 502 g/mol. The Kier molecular flexibility index (Phi) is 8.24. The number of hydrogen-bond donors (Lipinski definition) is 3. The maximum absolute atomic E-state index is 13.6. The van der Waals surface area contributed by atoms with Crippen molar-refractivity contribution in [2.45, 2.75) is 52.6 Å². The van der Waals surface area contributed by atoms with E-state index < -0.39 is 6.04 Å². The average Bonchev–Trinajstić information content (AvgIpc) is 3.31. The van der Waals surface area contributed by atoms with Gasteiger partial charge in [0.05, 0.1) is 0 Å². The van der Waals surface area contributed by atoms with E-state index in [0.717, 1.165) is 48.0 Å². The van der Waals surface area contributed by atoms with Crippen molar-refractivity contribution < 1.29 is 19.0 Å². The lowest BCUT2D eigenvalue weighted by Crippen LogP contribution is -2.62. The van der Waals surface area contributed by atoms with Crippen LogP contribution in [-0.2, 0) is 16.1 Å². The molecule has 1 heterocycles. The molecule has 0 unspecified atom stereocenters. The SMILES string of the molecule is CC(=O)Nc1ccc(C[N+]2(NC(=O)[C@H](CC(C)C)NC(=O)c3ccc4ccccc4c3)CCCC2)cc1. The van der Waals surface area contributed by atoms with Gasteiger partial charge in [0, 0.05) is 36.6 Å². The molecule has 1 atom stereocenters. The molecule has 194 valence electrons. The molecule has 37 heavy (non-hydrogen) atoms. The monoisotopic (exact) mass is 501 g/mol. The summed E-state index contributed by atoms with van der Waals surface area (Å²) >= 11 is 0. The van der Waals surface area contributed by atoms with Crippen LogP contribution in [0.2, 0.25) is 0 Å². The Morgan fingerprint density at radius 2 is 1.57 bits per heavy atom. The lowest BCUT2D eigenvalue weighted by Gasteiger charge is -2.35. The van der Waals surface area contributed by atoms with Crippen molar-refractivity contribution >= 4 is 34.2 Å². The number of nitrogens with zero attached hydrogens (tertiary/aromatic N) is 1. The summed E-state index contributed by atoms with van der Waals surface area (Å²) in [6.45, 7) is 7.93. The minimum atomic E-state index is -0.628. The highest BCUT2D eigenvalue weighted by Crippen LogP contribution is 2.23. The van der Waals surface area contributed by atoms with Crippen LogP contribution in [0.15, 0.2) is 66.7 Å². The first-order valence-electron chi connectivity index (χ1n) is 13.1. The van der Waals surface area contributed by atoms with Crippen molar-refractivity contribution in [3.8, 4) is 0 Å². The maximum atomic E-state index is 13.6. The van der Waals surface area contributed by atoms with Gasteiger partial charge in [-0.15, -0.1) is 0 Å². The third kappa shape index (κ3) is 6.95. The van der Waals surface area contributed by atoms with Crippen LogP contribution < -0.4 is 16.1 Å². The Morgan fingerprint density at radius 1 is 0.892 bits per heavy atom. The zero-order valence-electron chi connectivity index (χ0n) is 21.9. The smallest absolute Gasteiger partial charge is 0.287 e. The molecule has 0 saturated carbocycles. The summed E-state index contributed by atoms with van der Waals surface area (Å²) in [6.07, 6.45) is 2.61. The number of carbonyl (C=O) groups excluding carboxylic acids is 3. The summed E-state index contributed by atoms with van der Waals surface area (Å²) < 4.78 is 0.457. The fourth-order valence-corrected chi connectivity index (χ4v) is 5.08. The zero-order valence-corrected chi connectivity index (χ0v) is 21.9. The molecule has 7 heteroatoms. The van der Waals surface area contributed by atoms with Gasteiger partial charge in [0.15, 0.2) is 0 Å². The Balaban J connectivity index is 1.48. The molecular formula is C30H37N4O3+. The highest BCUT2D eigenvalue weighted by molar-refractivity contribution is 6.00. The summed E-state index contributed by atoms with van der Waals surface area (Å²) in [7, 11) is 0. The van der Waals surface area contributed by atoms with E-state index in [4.69, 9.17) is 0 Å². The topological polar surface area (TPSA) is 87.3 Å². The molecular weight excluding hydrogens is 464 g/mol. The van der Waals surface area contributed by atoms with Gasteiger partial charge in [-0.25, -0.2) is 4.59 Å². The molecule has 3 aromatic rings. The summed E-state index contributed by atoms with van der Waals surface area (Å²) in [4.78, 5) is 38.1. The van der Waals surface area contributed by atoms with E-state index in [1.165, 1.54) is 6.92 Å². The largest absolute Gasteiger partial charge is 0.340 e. The summed E-state index contributed by atoms with van der Waals surface area (Å²) in [5, 5.41) is 7.86. The van der Waals surface area contributed by atoms with Gasteiger partial charge in [-0.05, 0) is 47.4 Å².